The number of anilines is 1. The zero-order valence-corrected chi connectivity index (χ0v) is 28.9. The molecule has 1 aliphatic carbocycles. The molecule has 8 nitrogen and oxygen atoms in total. The van der Waals surface area contributed by atoms with Crippen LogP contribution in [-0.4, -0.2) is 98.2 Å². The SMILES string of the molecule is CC1(CN2CCN(C(=O)CCCCCCC=O)CC2)CCC(c2ccc(Cl)cc2)=C(CN2CCN(c3ccc(C(N)=O)cc3)CC2)C1. The smallest absolute Gasteiger partial charge is 0.248 e. The number of benzene rings is 2. The molecule has 2 heterocycles. The normalized spacial score (nSPS) is 21.2. The maximum Gasteiger partial charge on any atom is 0.248 e. The minimum absolute atomic E-state index is 0.183. The first-order valence-electron chi connectivity index (χ1n) is 17.5. The number of halogens is 1. The van der Waals surface area contributed by atoms with Crippen LogP contribution in [0.2, 0.25) is 5.02 Å². The van der Waals surface area contributed by atoms with Gasteiger partial charge in [0.15, 0.2) is 0 Å². The van der Waals surface area contributed by atoms with Crippen molar-refractivity contribution in [3.05, 3.63) is 70.3 Å². The van der Waals surface area contributed by atoms with Gasteiger partial charge in [0, 0.05) is 94.6 Å². The van der Waals surface area contributed by atoms with Crippen LogP contribution in [0, 0.1) is 5.41 Å². The number of hydrogen-bond donors (Lipinski definition) is 1. The molecule has 2 saturated heterocycles. The predicted molar refractivity (Wildman–Crippen MR) is 191 cm³/mol. The summed E-state index contributed by atoms with van der Waals surface area (Å²) in [6, 6.07) is 16.0. The van der Waals surface area contributed by atoms with Gasteiger partial charge in [0.2, 0.25) is 11.8 Å². The molecule has 2 aliphatic heterocycles. The van der Waals surface area contributed by atoms with E-state index in [9.17, 15) is 14.4 Å². The van der Waals surface area contributed by atoms with Crippen molar-refractivity contribution in [3.63, 3.8) is 0 Å². The predicted octanol–water partition coefficient (Wildman–Crippen LogP) is 5.89. The van der Waals surface area contributed by atoms with Gasteiger partial charge in [-0.15, -0.1) is 0 Å². The molecule has 2 aromatic carbocycles. The van der Waals surface area contributed by atoms with Crippen LogP contribution in [0.4, 0.5) is 5.69 Å². The number of nitrogens with two attached hydrogens (primary N) is 1. The van der Waals surface area contributed by atoms with Crippen molar-refractivity contribution in [3.8, 4) is 0 Å². The van der Waals surface area contributed by atoms with Gasteiger partial charge in [0.1, 0.15) is 6.29 Å². The molecule has 254 valence electrons. The van der Waals surface area contributed by atoms with Gasteiger partial charge in [0.05, 0.1) is 0 Å². The van der Waals surface area contributed by atoms with E-state index < -0.39 is 5.91 Å². The zero-order chi connectivity index (χ0) is 33.2. The Labute approximate surface area is 285 Å². The number of carbonyl (C=O) groups excluding carboxylic acids is 3. The lowest BCUT2D eigenvalue weighted by atomic mass is 9.71. The second kappa shape index (κ2) is 16.8. The lowest BCUT2D eigenvalue weighted by Crippen LogP contribution is -2.51. The highest BCUT2D eigenvalue weighted by Crippen LogP contribution is 2.44. The fourth-order valence-corrected chi connectivity index (χ4v) is 7.71. The van der Waals surface area contributed by atoms with Crippen LogP contribution in [0.1, 0.15) is 80.6 Å². The number of nitrogens with zero attached hydrogens (tertiary/aromatic N) is 4. The van der Waals surface area contributed by atoms with Gasteiger partial charge in [-0.1, -0.05) is 49.1 Å². The van der Waals surface area contributed by atoms with Crippen molar-refractivity contribution >= 4 is 41.0 Å². The molecule has 2 fully saturated rings. The van der Waals surface area contributed by atoms with Crippen molar-refractivity contribution in [2.75, 3.05) is 70.3 Å². The van der Waals surface area contributed by atoms with E-state index in [1.54, 1.807) is 5.57 Å². The molecular weight excluding hydrogens is 610 g/mol. The number of primary amides is 1. The highest BCUT2D eigenvalue weighted by atomic mass is 35.5. The van der Waals surface area contributed by atoms with Crippen LogP contribution in [0.3, 0.4) is 0 Å². The molecule has 3 aliphatic rings. The fourth-order valence-electron chi connectivity index (χ4n) is 7.58. The monoisotopic (exact) mass is 661 g/mol. The molecule has 5 rings (SSSR count). The number of amides is 2. The standard InChI is InChI=1S/C38H52ClN5O3/c1-38(29-42-20-24-44(25-21-42)36(46)7-5-3-2-4-6-26-45)17-16-35(30-8-12-33(39)13-9-30)32(27-38)28-41-18-22-43(23-19-41)34-14-10-31(11-15-34)37(40)47/h8-15,26H,2-7,16-25,27-29H2,1H3,(H2,40,47). The molecule has 0 aromatic heterocycles. The van der Waals surface area contributed by atoms with Gasteiger partial charge in [-0.3, -0.25) is 19.4 Å². The number of unbranched alkanes of at least 4 members (excludes halogenated alkanes) is 4. The molecule has 0 spiro atoms. The zero-order valence-electron chi connectivity index (χ0n) is 28.1. The van der Waals surface area contributed by atoms with Crippen LogP contribution in [0.5, 0.6) is 0 Å². The molecule has 2 amide bonds. The molecule has 9 heteroatoms. The van der Waals surface area contributed by atoms with Crippen LogP contribution < -0.4 is 10.6 Å². The summed E-state index contributed by atoms with van der Waals surface area (Å²) < 4.78 is 0. The maximum absolute atomic E-state index is 12.8. The largest absolute Gasteiger partial charge is 0.369 e. The Morgan fingerprint density at radius 3 is 2.17 bits per heavy atom. The maximum atomic E-state index is 12.8. The number of aldehydes is 1. The molecule has 1 atom stereocenters. The summed E-state index contributed by atoms with van der Waals surface area (Å²) in [6.07, 6.45) is 9.40. The van der Waals surface area contributed by atoms with Gasteiger partial charge in [0.25, 0.3) is 0 Å². The molecule has 47 heavy (non-hydrogen) atoms. The summed E-state index contributed by atoms with van der Waals surface area (Å²) in [4.78, 5) is 44.4. The first-order chi connectivity index (χ1) is 22.7. The first kappa shape index (κ1) is 35.1. The Balaban J connectivity index is 1.17. The summed E-state index contributed by atoms with van der Waals surface area (Å²) in [7, 11) is 0. The number of rotatable bonds is 14. The van der Waals surface area contributed by atoms with Gasteiger partial charge >= 0.3 is 0 Å². The average molecular weight is 662 g/mol. The van der Waals surface area contributed by atoms with E-state index in [0.29, 0.717) is 18.4 Å². The Morgan fingerprint density at radius 2 is 1.51 bits per heavy atom. The Morgan fingerprint density at radius 1 is 0.851 bits per heavy atom. The van der Waals surface area contributed by atoms with E-state index in [0.717, 1.165) is 127 Å². The van der Waals surface area contributed by atoms with Crippen molar-refractivity contribution in [2.24, 2.45) is 11.1 Å². The summed E-state index contributed by atoms with van der Waals surface area (Å²) in [5, 5.41) is 0.767. The van der Waals surface area contributed by atoms with Crippen molar-refractivity contribution < 1.29 is 14.4 Å². The van der Waals surface area contributed by atoms with E-state index >= 15 is 0 Å². The minimum atomic E-state index is -0.395. The third-order valence-corrected chi connectivity index (χ3v) is 10.6. The highest BCUT2D eigenvalue weighted by Gasteiger charge is 2.35. The van der Waals surface area contributed by atoms with Gasteiger partial charge in [-0.2, -0.15) is 0 Å². The van der Waals surface area contributed by atoms with Gasteiger partial charge < -0.3 is 20.3 Å². The minimum Gasteiger partial charge on any atom is -0.369 e. The van der Waals surface area contributed by atoms with E-state index in [2.05, 4.69) is 38.7 Å². The Bertz CT molecular complexity index is 1380. The molecule has 0 saturated carbocycles. The van der Waals surface area contributed by atoms with Crippen LogP contribution in [0.25, 0.3) is 5.57 Å². The van der Waals surface area contributed by atoms with Gasteiger partial charge in [-0.25, -0.2) is 0 Å². The molecular formula is C38H52ClN5O3. The Kier molecular flexibility index (Phi) is 12.5. The molecule has 2 N–H and O–H groups in total. The average Bonchev–Trinajstić information content (AvgIpc) is 3.07. The number of hydrogen-bond acceptors (Lipinski definition) is 6. The van der Waals surface area contributed by atoms with Gasteiger partial charge in [-0.05, 0) is 85.1 Å². The van der Waals surface area contributed by atoms with E-state index in [1.807, 2.05) is 36.4 Å². The lowest BCUT2D eigenvalue weighted by molar-refractivity contribution is -0.133. The summed E-state index contributed by atoms with van der Waals surface area (Å²) in [5.41, 5.74) is 11.6. The number of allylic oxidation sites excluding steroid dienone is 1. The molecule has 1 unspecified atom stereocenters. The fraction of sp³-hybridized carbons (Fsp3) is 0.553. The van der Waals surface area contributed by atoms with E-state index in [1.165, 1.54) is 11.1 Å². The van der Waals surface area contributed by atoms with Crippen LogP contribution >= 0.6 is 11.6 Å². The van der Waals surface area contributed by atoms with E-state index in [4.69, 9.17) is 17.3 Å². The van der Waals surface area contributed by atoms with Crippen molar-refractivity contribution in [2.45, 2.75) is 64.7 Å². The van der Waals surface area contributed by atoms with Crippen LogP contribution in [-0.2, 0) is 9.59 Å². The van der Waals surface area contributed by atoms with Crippen molar-refractivity contribution in [1.29, 1.82) is 0 Å². The third-order valence-electron chi connectivity index (χ3n) is 10.3. The Hall–Kier alpha value is -3.20. The van der Waals surface area contributed by atoms with E-state index in [-0.39, 0.29) is 11.3 Å². The van der Waals surface area contributed by atoms with Crippen LogP contribution in [0.15, 0.2) is 54.1 Å². The summed E-state index contributed by atoms with van der Waals surface area (Å²) in [5.74, 6) is -0.113. The second-order valence-electron chi connectivity index (χ2n) is 14.0. The summed E-state index contributed by atoms with van der Waals surface area (Å²) >= 11 is 6.27. The summed E-state index contributed by atoms with van der Waals surface area (Å²) in [6.45, 7) is 11.8. The lowest BCUT2D eigenvalue weighted by Gasteiger charge is -2.44. The second-order valence-corrected chi connectivity index (χ2v) is 14.5. The number of piperazine rings is 2. The third kappa shape index (κ3) is 9.91. The number of carbonyl (C=O) groups is 3. The highest BCUT2D eigenvalue weighted by molar-refractivity contribution is 6.30. The first-order valence-corrected chi connectivity index (χ1v) is 17.9. The molecule has 2 aromatic rings. The molecule has 0 bridgehead atoms. The topological polar surface area (TPSA) is 90.2 Å². The quantitative estimate of drug-likeness (QED) is 0.201. The molecule has 0 radical (unpaired) electrons. The van der Waals surface area contributed by atoms with Crippen molar-refractivity contribution in [1.82, 2.24) is 14.7 Å².